The number of carbonyl (C=O) groups is 1. The lowest BCUT2D eigenvalue weighted by Gasteiger charge is -2.23. The molecule has 0 heterocycles. The number of aryl methyl sites for hydroxylation is 1. The zero-order chi connectivity index (χ0) is 14.4. The van der Waals surface area contributed by atoms with Gasteiger partial charge in [-0.3, -0.25) is 4.79 Å². The average molecular weight is 263 g/mol. The molecular weight excluding hydrogens is 242 g/mol. The highest BCUT2D eigenvalue weighted by Gasteiger charge is 2.24. The summed E-state index contributed by atoms with van der Waals surface area (Å²) >= 11 is 0. The zero-order valence-electron chi connectivity index (χ0n) is 11.6. The molecule has 0 saturated carbocycles. The quantitative estimate of drug-likeness (QED) is 0.367. The number of benzene rings is 1. The van der Waals surface area contributed by atoms with Crippen molar-refractivity contribution in [3.8, 4) is 0 Å². The van der Waals surface area contributed by atoms with E-state index < -0.39 is 5.92 Å². The first-order chi connectivity index (χ1) is 9.01. The summed E-state index contributed by atoms with van der Waals surface area (Å²) in [5.74, 6) is -0.746. The van der Waals surface area contributed by atoms with Crippen molar-refractivity contribution in [2.45, 2.75) is 26.8 Å². The minimum Gasteiger partial charge on any atom is -0.409 e. The van der Waals surface area contributed by atoms with Crippen molar-refractivity contribution in [3.63, 3.8) is 0 Å². The van der Waals surface area contributed by atoms with Crippen LogP contribution in [0.5, 0.6) is 0 Å². The Kier molecular flexibility index (Phi) is 5.36. The maximum Gasteiger partial charge on any atom is 0.233 e. The standard InChI is InChI=1S/C14H21N3O2/c1-4-12(13(15)16-19)14(18)17(3)9-11-8-6-5-7-10(11)2/h5-8,12,19H,4,9H2,1-3H3,(H2,15,16). The highest BCUT2D eigenvalue weighted by atomic mass is 16.4. The first-order valence-corrected chi connectivity index (χ1v) is 6.28. The largest absolute Gasteiger partial charge is 0.409 e. The highest BCUT2D eigenvalue weighted by molar-refractivity contribution is 6.01. The Morgan fingerprint density at radius 2 is 2.11 bits per heavy atom. The number of nitrogens with two attached hydrogens (primary N) is 1. The predicted octanol–water partition coefficient (Wildman–Crippen LogP) is 1.73. The molecule has 1 amide bonds. The number of amidine groups is 1. The molecule has 5 heteroatoms. The van der Waals surface area contributed by atoms with Gasteiger partial charge in [-0.15, -0.1) is 0 Å². The van der Waals surface area contributed by atoms with Gasteiger partial charge in [0.1, 0.15) is 0 Å². The monoisotopic (exact) mass is 263 g/mol. The third-order valence-electron chi connectivity index (χ3n) is 3.22. The van der Waals surface area contributed by atoms with E-state index in [9.17, 15) is 4.79 Å². The molecule has 0 bridgehead atoms. The topological polar surface area (TPSA) is 78.9 Å². The molecule has 0 radical (unpaired) electrons. The summed E-state index contributed by atoms with van der Waals surface area (Å²) in [5.41, 5.74) is 7.77. The first-order valence-electron chi connectivity index (χ1n) is 6.28. The van der Waals surface area contributed by atoms with Gasteiger partial charge in [0.2, 0.25) is 5.91 Å². The Balaban J connectivity index is 2.80. The highest BCUT2D eigenvalue weighted by Crippen LogP contribution is 2.13. The maximum absolute atomic E-state index is 12.2. The molecule has 1 rings (SSSR count). The van der Waals surface area contributed by atoms with E-state index in [1.54, 1.807) is 11.9 Å². The number of hydrogen-bond donors (Lipinski definition) is 2. The van der Waals surface area contributed by atoms with Crippen molar-refractivity contribution in [3.05, 3.63) is 35.4 Å². The van der Waals surface area contributed by atoms with Crippen LogP contribution in [-0.2, 0) is 11.3 Å². The van der Waals surface area contributed by atoms with Gasteiger partial charge >= 0.3 is 0 Å². The number of hydrogen-bond acceptors (Lipinski definition) is 3. The van der Waals surface area contributed by atoms with Gasteiger partial charge in [-0.1, -0.05) is 36.3 Å². The minimum absolute atomic E-state index is 0.0378. The fraction of sp³-hybridized carbons (Fsp3) is 0.429. The molecule has 1 aromatic rings. The second-order valence-corrected chi connectivity index (χ2v) is 4.61. The maximum atomic E-state index is 12.2. The van der Waals surface area contributed by atoms with E-state index in [4.69, 9.17) is 10.9 Å². The summed E-state index contributed by atoms with van der Waals surface area (Å²) in [5, 5.41) is 11.6. The first kappa shape index (κ1) is 15.0. The molecule has 0 aliphatic heterocycles. The molecule has 0 aromatic heterocycles. The Morgan fingerprint density at radius 1 is 1.47 bits per heavy atom. The Morgan fingerprint density at radius 3 is 2.63 bits per heavy atom. The normalized spacial score (nSPS) is 13.1. The summed E-state index contributed by atoms with van der Waals surface area (Å²) in [7, 11) is 1.72. The predicted molar refractivity (Wildman–Crippen MR) is 74.8 cm³/mol. The molecule has 0 aliphatic rings. The van der Waals surface area contributed by atoms with Gasteiger partial charge in [0.15, 0.2) is 5.84 Å². The van der Waals surface area contributed by atoms with Crippen molar-refractivity contribution >= 4 is 11.7 Å². The van der Waals surface area contributed by atoms with Gasteiger partial charge in [-0.25, -0.2) is 0 Å². The van der Waals surface area contributed by atoms with Gasteiger partial charge in [-0.2, -0.15) is 0 Å². The van der Waals surface area contributed by atoms with Crippen LogP contribution in [-0.4, -0.2) is 28.9 Å². The van der Waals surface area contributed by atoms with E-state index in [2.05, 4.69) is 5.16 Å². The van der Waals surface area contributed by atoms with Crippen molar-refractivity contribution in [2.24, 2.45) is 16.8 Å². The Bertz CT molecular complexity index is 472. The van der Waals surface area contributed by atoms with Crippen LogP contribution in [0.4, 0.5) is 0 Å². The van der Waals surface area contributed by atoms with Crippen molar-refractivity contribution in [1.82, 2.24) is 4.90 Å². The van der Waals surface area contributed by atoms with Crippen molar-refractivity contribution < 1.29 is 10.0 Å². The number of rotatable bonds is 5. The summed E-state index contributed by atoms with van der Waals surface area (Å²) in [6, 6.07) is 7.91. The van der Waals surface area contributed by atoms with Crippen LogP contribution >= 0.6 is 0 Å². The Hall–Kier alpha value is -2.04. The van der Waals surface area contributed by atoms with E-state index in [1.165, 1.54) is 0 Å². The van der Waals surface area contributed by atoms with E-state index in [0.29, 0.717) is 13.0 Å². The summed E-state index contributed by atoms with van der Waals surface area (Å²) < 4.78 is 0. The van der Waals surface area contributed by atoms with Crippen LogP contribution in [0, 0.1) is 12.8 Å². The second-order valence-electron chi connectivity index (χ2n) is 4.61. The average Bonchev–Trinajstić information content (AvgIpc) is 2.41. The molecule has 0 fully saturated rings. The van der Waals surface area contributed by atoms with Crippen LogP contribution in [0.1, 0.15) is 24.5 Å². The molecule has 1 unspecified atom stereocenters. The number of carbonyl (C=O) groups excluding carboxylic acids is 1. The Labute approximate surface area is 113 Å². The minimum atomic E-state index is -0.570. The van der Waals surface area contributed by atoms with Gasteiger partial charge < -0.3 is 15.8 Å². The lowest BCUT2D eigenvalue weighted by atomic mass is 10.0. The zero-order valence-corrected chi connectivity index (χ0v) is 11.6. The van der Waals surface area contributed by atoms with E-state index >= 15 is 0 Å². The number of nitrogens with zero attached hydrogens (tertiary/aromatic N) is 2. The third-order valence-corrected chi connectivity index (χ3v) is 3.22. The summed E-state index contributed by atoms with van der Waals surface area (Å²) in [4.78, 5) is 13.8. The second kappa shape index (κ2) is 6.78. The number of oxime groups is 1. The fourth-order valence-electron chi connectivity index (χ4n) is 1.97. The van der Waals surface area contributed by atoms with Crippen LogP contribution in [0.2, 0.25) is 0 Å². The molecule has 0 saturated heterocycles. The van der Waals surface area contributed by atoms with Crippen LogP contribution in [0.3, 0.4) is 0 Å². The van der Waals surface area contributed by atoms with Crippen LogP contribution < -0.4 is 5.73 Å². The molecule has 0 aliphatic carbocycles. The van der Waals surface area contributed by atoms with E-state index in [0.717, 1.165) is 11.1 Å². The molecular formula is C14H21N3O2. The van der Waals surface area contributed by atoms with Crippen molar-refractivity contribution in [1.29, 1.82) is 0 Å². The molecule has 0 spiro atoms. The smallest absolute Gasteiger partial charge is 0.233 e. The fourth-order valence-corrected chi connectivity index (χ4v) is 1.97. The lowest BCUT2D eigenvalue weighted by Crippen LogP contribution is -2.39. The molecule has 5 nitrogen and oxygen atoms in total. The molecule has 3 N–H and O–H groups in total. The van der Waals surface area contributed by atoms with Crippen LogP contribution in [0.25, 0.3) is 0 Å². The van der Waals surface area contributed by atoms with Gasteiger partial charge in [0, 0.05) is 13.6 Å². The third kappa shape index (κ3) is 3.71. The SMILES string of the molecule is CCC(C(=O)N(C)Cc1ccccc1C)C(N)=NO. The van der Waals surface area contributed by atoms with E-state index in [1.807, 2.05) is 38.1 Å². The van der Waals surface area contributed by atoms with Gasteiger partial charge in [-0.05, 0) is 24.5 Å². The summed E-state index contributed by atoms with van der Waals surface area (Å²) in [6.45, 7) is 4.36. The number of amides is 1. The molecule has 19 heavy (non-hydrogen) atoms. The van der Waals surface area contributed by atoms with Crippen LogP contribution in [0.15, 0.2) is 29.4 Å². The molecule has 1 atom stereocenters. The molecule has 1 aromatic carbocycles. The van der Waals surface area contributed by atoms with Gasteiger partial charge in [0.25, 0.3) is 0 Å². The summed E-state index contributed by atoms with van der Waals surface area (Å²) in [6.07, 6.45) is 0.507. The molecule has 104 valence electrons. The lowest BCUT2D eigenvalue weighted by molar-refractivity contribution is -0.132. The van der Waals surface area contributed by atoms with Crippen molar-refractivity contribution in [2.75, 3.05) is 7.05 Å². The van der Waals surface area contributed by atoms with Gasteiger partial charge in [0.05, 0.1) is 5.92 Å². The van der Waals surface area contributed by atoms with E-state index in [-0.39, 0.29) is 11.7 Å².